The molecule has 0 amide bonds. The van der Waals surface area contributed by atoms with Crippen molar-refractivity contribution in [3.05, 3.63) is 52.2 Å². The van der Waals surface area contributed by atoms with Crippen molar-refractivity contribution >= 4 is 24.6 Å². The highest BCUT2D eigenvalue weighted by molar-refractivity contribution is 7.07. The van der Waals surface area contributed by atoms with Crippen molar-refractivity contribution in [1.82, 2.24) is 4.90 Å². The summed E-state index contributed by atoms with van der Waals surface area (Å²) in [4.78, 5) is 2.64. The summed E-state index contributed by atoms with van der Waals surface area (Å²) in [5.41, 5.74) is 2.92. The zero-order valence-electron chi connectivity index (χ0n) is 13.3. The summed E-state index contributed by atoms with van der Waals surface area (Å²) in [5.74, 6) is 0. The van der Waals surface area contributed by atoms with Crippen LogP contribution < -0.4 is 5.19 Å². The fourth-order valence-corrected chi connectivity index (χ4v) is 4.54. The molecule has 0 atom stereocenters. The normalized spacial score (nSPS) is 15.6. The molecular weight excluding hydrogens is 290 g/mol. The van der Waals surface area contributed by atoms with Crippen LogP contribution in [0.1, 0.15) is 24.0 Å². The van der Waals surface area contributed by atoms with Gasteiger partial charge in [0.1, 0.15) is 0 Å². The molecule has 1 aromatic carbocycles. The van der Waals surface area contributed by atoms with Crippen molar-refractivity contribution in [1.29, 1.82) is 0 Å². The SMILES string of the molecule is C[Si](C)(C)c1ccc(CN(Cc2ccsc2)C2CC2)cc1. The van der Waals surface area contributed by atoms with Crippen molar-refractivity contribution in [2.75, 3.05) is 0 Å². The zero-order chi connectivity index (χ0) is 14.9. The molecule has 1 saturated carbocycles. The summed E-state index contributed by atoms with van der Waals surface area (Å²) in [7, 11) is -1.17. The molecule has 1 aromatic heterocycles. The van der Waals surface area contributed by atoms with Crippen molar-refractivity contribution < 1.29 is 0 Å². The third-order valence-corrected chi connectivity index (χ3v) is 7.03. The summed E-state index contributed by atoms with van der Waals surface area (Å²) in [5, 5.41) is 6.02. The summed E-state index contributed by atoms with van der Waals surface area (Å²) in [6.45, 7) is 9.43. The number of hydrogen-bond donors (Lipinski definition) is 0. The Kier molecular flexibility index (Phi) is 4.34. The molecule has 21 heavy (non-hydrogen) atoms. The second kappa shape index (κ2) is 6.07. The lowest BCUT2D eigenvalue weighted by Gasteiger charge is -2.22. The van der Waals surface area contributed by atoms with E-state index in [1.807, 2.05) is 0 Å². The Labute approximate surface area is 133 Å². The van der Waals surface area contributed by atoms with Crippen LogP contribution in [0, 0.1) is 0 Å². The summed E-state index contributed by atoms with van der Waals surface area (Å²) >= 11 is 1.80. The molecule has 3 heteroatoms. The van der Waals surface area contributed by atoms with Crippen LogP contribution in [0.3, 0.4) is 0 Å². The maximum Gasteiger partial charge on any atom is 0.0775 e. The highest BCUT2D eigenvalue weighted by Crippen LogP contribution is 2.30. The minimum Gasteiger partial charge on any atom is -0.292 e. The lowest BCUT2D eigenvalue weighted by Crippen LogP contribution is -2.37. The highest BCUT2D eigenvalue weighted by Gasteiger charge is 2.29. The van der Waals surface area contributed by atoms with E-state index in [1.54, 1.807) is 16.5 Å². The largest absolute Gasteiger partial charge is 0.292 e. The summed E-state index contributed by atoms with van der Waals surface area (Å²) < 4.78 is 0. The monoisotopic (exact) mass is 315 g/mol. The first-order valence-corrected chi connectivity index (χ1v) is 12.3. The molecule has 0 N–H and O–H groups in total. The van der Waals surface area contributed by atoms with Crippen LogP contribution in [-0.2, 0) is 13.1 Å². The standard InChI is InChI=1S/C18H25NSSi/c1-21(2,3)18-8-4-15(5-9-18)12-19(17-6-7-17)13-16-10-11-20-14-16/h4-5,8-11,14,17H,6-7,12-13H2,1-3H3. The average molecular weight is 316 g/mol. The van der Waals surface area contributed by atoms with Crippen LogP contribution in [0.15, 0.2) is 41.1 Å². The molecular formula is C18H25NSSi. The van der Waals surface area contributed by atoms with E-state index < -0.39 is 8.07 Å². The Balaban J connectivity index is 1.68. The molecule has 0 bridgehead atoms. The van der Waals surface area contributed by atoms with Crippen molar-refractivity contribution in [3.63, 3.8) is 0 Å². The van der Waals surface area contributed by atoms with Crippen LogP contribution >= 0.6 is 11.3 Å². The van der Waals surface area contributed by atoms with Gasteiger partial charge in [-0.25, -0.2) is 0 Å². The fraction of sp³-hybridized carbons (Fsp3) is 0.444. The van der Waals surface area contributed by atoms with Crippen molar-refractivity contribution in [3.8, 4) is 0 Å². The Morgan fingerprint density at radius 2 is 1.67 bits per heavy atom. The molecule has 0 saturated heterocycles. The van der Waals surface area contributed by atoms with Gasteiger partial charge in [0.25, 0.3) is 0 Å². The summed E-state index contributed by atoms with van der Waals surface area (Å²) in [6.07, 6.45) is 2.74. The first-order valence-electron chi connectivity index (χ1n) is 7.87. The number of nitrogens with zero attached hydrogens (tertiary/aromatic N) is 1. The first kappa shape index (κ1) is 15.0. The van der Waals surface area contributed by atoms with Gasteiger partial charge in [0.15, 0.2) is 0 Å². The minimum absolute atomic E-state index is 0.807. The predicted octanol–water partition coefficient (Wildman–Crippen LogP) is 4.46. The van der Waals surface area contributed by atoms with E-state index >= 15 is 0 Å². The Bertz CT molecular complexity index is 564. The molecule has 0 spiro atoms. The molecule has 1 aliphatic rings. The summed E-state index contributed by atoms with van der Waals surface area (Å²) in [6, 6.07) is 12.5. The van der Waals surface area contributed by atoms with Crippen molar-refractivity contribution in [2.24, 2.45) is 0 Å². The van der Waals surface area contributed by atoms with E-state index in [0.29, 0.717) is 0 Å². The van der Waals surface area contributed by atoms with Crippen LogP contribution in [0.5, 0.6) is 0 Å². The Morgan fingerprint density at radius 1 is 1.00 bits per heavy atom. The quantitative estimate of drug-likeness (QED) is 0.712. The third-order valence-electron chi connectivity index (χ3n) is 4.23. The van der Waals surface area contributed by atoms with Crippen LogP contribution in [0.4, 0.5) is 0 Å². The Hall–Kier alpha value is -0.903. The smallest absolute Gasteiger partial charge is 0.0775 e. The molecule has 1 nitrogen and oxygen atoms in total. The van der Waals surface area contributed by atoms with Gasteiger partial charge in [-0.15, -0.1) is 0 Å². The molecule has 0 radical (unpaired) electrons. The fourth-order valence-electron chi connectivity index (χ4n) is 2.72. The lowest BCUT2D eigenvalue weighted by molar-refractivity contribution is 0.246. The van der Waals surface area contributed by atoms with Gasteiger partial charge in [-0.05, 0) is 40.8 Å². The second-order valence-electron chi connectivity index (χ2n) is 7.21. The van der Waals surface area contributed by atoms with E-state index in [9.17, 15) is 0 Å². The van der Waals surface area contributed by atoms with Crippen molar-refractivity contribution in [2.45, 2.75) is 51.6 Å². The predicted molar refractivity (Wildman–Crippen MR) is 96.0 cm³/mol. The minimum atomic E-state index is -1.17. The van der Waals surface area contributed by atoms with Gasteiger partial charge in [0.2, 0.25) is 0 Å². The molecule has 3 rings (SSSR count). The molecule has 1 heterocycles. The van der Waals surface area contributed by atoms with Gasteiger partial charge >= 0.3 is 0 Å². The van der Waals surface area contributed by atoms with E-state index in [-0.39, 0.29) is 0 Å². The number of thiophene rings is 1. The maximum absolute atomic E-state index is 2.64. The molecule has 0 unspecified atom stereocenters. The Morgan fingerprint density at radius 3 is 2.19 bits per heavy atom. The van der Waals surface area contributed by atoms with Crippen LogP contribution in [0.2, 0.25) is 19.6 Å². The van der Waals surface area contributed by atoms with E-state index in [1.165, 1.54) is 24.0 Å². The third kappa shape index (κ3) is 4.06. The van der Waals surface area contributed by atoms with E-state index in [0.717, 1.165) is 19.1 Å². The van der Waals surface area contributed by atoms with E-state index in [2.05, 4.69) is 65.6 Å². The van der Waals surface area contributed by atoms with Gasteiger partial charge in [-0.3, -0.25) is 4.90 Å². The number of benzene rings is 1. The molecule has 112 valence electrons. The number of rotatable bonds is 6. The van der Waals surface area contributed by atoms with Crippen LogP contribution in [-0.4, -0.2) is 19.0 Å². The molecule has 1 aliphatic carbocycles. The highest BCUT2D eigenvalue weighted by atomic mass is 32.1. The topological polar surface area (TPSA) is 3.24 Å². The van der Waals surface area contributed by atoms with Crippen LogP contribution in [0.25, 0.3) is 0 Å². The van der Waals surface area contributed by atoms with Gasteiger partial charge in [0.05, 0.1) is 8.07 Å². The average Bonchev–Trinajstić information content (AvgIpc) is 3.16. The second-order valence-corrected chi connectivity index (χ2v) is 13.1. The van der Waals surface area contributed by atoms with Gasteiger partial charge in [-0.2, -0.15) is 11.3 Å². The van der Waals surface area contributed by atoms with Gasteiger partial charge in [0, 0.05) is 19.1 Å². The first-order chi connectivity index (χ1) is 10.0. The molecule has 1 fully saturated rings. The number of hydrogen-bond acceptors (Lipinski definition) is 2. The zero-order valence-corrected chi connectivity index (χ0v) is 15.1. The molecule has 2 aromatic rings. The van der Waals surface area contributed by atoms with Gasteiger partial charge in [-0.1, -0.05) is 49.1 Å². The lowest BCUT2D eigenvalue weighted by atomic mass is 10.2. The van der Waals surface area contributed by atoms with E-state index in [4.69, 9.17) is 0 Å². The molecule has 0 aliphatic heterocycles. The van der Waals surface area contributed by atoms with Gasteiger partial charge < -0.3 is 0 Å². The maximum atomic E-state index is 2.64.